The Balaban J connectivity index is 1.57. The molecule has 2 heterocycles. The second-order valence-electron chi connectivity index (χ2n) is 13.5. The van der Waals surface area contributed by atoms with Crippen LogP contribution in [0.4, 0.5) is 0 Å². The van der Waals surface area contributed by atoms with E-state index < -0.39 is 0 Å². The van der Waals surface area contributed by atoms with Crippen molar-refractivity contribution in [2.24, 2.45) is 0 Å². The third kappa shape index (κ3) is 8.49. The van der Waals surface area contributed by atoms with Gasteiger partial charge in [-0.05, 0) is 97.2 Å². The molecule has 0 aliphatic heterocycles. The van der Waals surface area contributed by atoms with Crippen molar-refractivity contribution in [2.45, 2.75) is 143 Å². The lowest BCUT2D eigenvalue weighted by molar-refractivity contribution is 0.604. The smallest absolute Gasteiger partial charge is 0.0741 e. The normalized spacial score (nSPS) is 11.7. The van der Waals surface area contributed by atoms with Gasteiger partial charge in [-0.2, -0.15) is 10.2 Å². The van der Waals surface area contributed by atoms with Crippen LogP contribution < -0.4 is 0 Å². The molecule has 0 unspecified atom stereocenters. The van der Waals surface area contributed by atoms with Gasteiger partial charge in [-0.25, -0.2) is 9.36 Å². The second kappa shape index (κ2) is 17.5. The van der Waals surface area contributed by atoms with Crippen LogP contribution in [0.25, 0.3) is 33.2 Å². The highest BCUT2D eigenvalue weighted by atomic mass is 15.3. The fourth-order valence-corrected chi connectivity index (χ4v) is 7.09. The summed E-state index contributed by atoms with van der Waals surface area (Å²) in [6, 6.07) is 18.8. The number of hydrogen-bond acceptors (Lipinski definition) is 2. The van der Waals surface area contributed by atoms with Crippen molar-refractivity contribution in [3.63, 3.8) is 0 Å². The van der Waals surface area contributed by atoms with Crippen molar-refractivity contribution in [3.8, 4) is 11.4 Å². The minimum Gasteiger partial charge on any atom is -0.233 e. The summed E-state index contributed by atoms with van der Waals surface area (Å²) in [6.07, 6.45) is 26.3. The van der Waals surface area contributed by atoms with E-state index in [-0.39, 0.29) is 0 Å². The average molecular weight is 619 g/mol. The molecule has 0 N–H and O–H groups in total. The lowest BCUT2D eigenvalue weighted by atomic mass is 9.97. The number of fused-ring (bicyclic) bond motifs is 2. The summed E-state index contributed by atoms with van der Waals surface area (Å²) in [5.74, 6) is 0. The van der Waals surface area contributed by atoms with Crippen LogP contribution in [0.3, 0.4) is 0 Å². The first kappa shape index (κ1) is 33.9. The van der Waals surface area contributed by atoms with Gasteiger partial charge in [0.05, 0.1) is 34.8 Å². The molecular weight excluding hydrogens is 560 g/mol. The molecule has 46 heavy (non-hydrogen) atoms. The van der Waals surface area contributed by atoms with Crippen molar-refractivity contribution >= 4 is 21.8 Å². The molecule has 0 atom stereocenters. The maximum Gasteiger partial charge on any atom is 0.0741 e. The molecule has 0 bridgehead atoms. The predicted molar refractivity (Wildman–Crippen MR) is 198 cm³/mol. The van der Waals surface area contributed by atoms with Crippen LogP contribution in [-0.4, -0.2) is 19.6 Å². The Kier molecular flexibility index (Phi) is 12.9. The van der Waals surface area contributed by atoms with Crippen LogP contribution in [0.1, 0.15) is 140 Å². The number of unbranched alkanes of at least 4 members (excludes halogenated alkanes) is 10. The van der Waals surface area contributed by atoms with Gasteiger partial charge in [0.15, 0.2) is 0 Å². The van der Waals surface area contributed by atoms with Gasteiger partial charge in [0.1, 0.15) is 0 Å². The van der Waals surface area contributed by atoms with E-state index in [1.54, 1.807) is 0 Å². The highest BCUT2D eigenvalue weighted by Crippen LogP contribution is 2.31. The number of benzene rings is 3. The fourth-order valence-electron chi connectivity index (χ4n) is 7.09. The van der Waals surface area contributed by atoms with E-state index in [4.69, 9.17) is 10.2 Å². The highest BCUT2D eigenvalue weighted by Gasteiger charge is 2.18. The second-order valence-corrected chi connectivity index (χ2v) is 13.5. The third-order valence-electron chi connectivity index (χ3n) is 9.68. The number of aromatic nitrogens is 4. The predicted octanol–water partition coefficient (Wildman–Crippen LogP) is 12.1. The van der Waals surface area contributed by atoms with Crippen molar-refractivity contribution in [1.29, 1.82) is 0 Å². The molecule has 0 saturated carbocycles. The summed E-state index contributed by atoms with van der Waals surface area (Å²) in [5, 5.41) is 12.5. The molecule has 4 nitrogen and oxygen atoms in total. The summed E-state index contributed by atoms with van der Waals surface area (Å²) in [7, 11) is 0. The molecule has 0 spiro atoms. The van der Waals surface area contributed by atoms with E-state index in [9.17, 15) is 0 Å². The van der Waals surface area contributed by atoms with Crippen molar-refractivity contribution in [3.05, 3.63) is 83.2 Å². The van der Waals surface area contributed by atoms with E-state index in [1.807, 2.05) is 0 Å². The minimum atomic E-state index is 1.06. The molecule has 4 heteroatoms. The van der Waals surface area contributed by atoms with Crippen molar-refractivity contribution in [2.75, 3.05) is 0 Å². The number of aryl methyl sites for hydroxylation is 4. The van der Waals surface area contributed by atoms with Gasteiger partial charge in [-0.3, -0.25) is 0 Å². The molecule has 0 aliphatic carbocycles. The van der Waals surface area contributed by atoms with Gasteiger partial charge >= 0.3 is 0 Å². The highest BCUT2D eigenvalue weighted by molar-refractivity contribution is 5.83. The molecule has 5 aromatic rings. The summed E-state index contributed by atoms with van der Waals surface area (Å²) in [6.45, 7) is 9.09. The number of hydrogen-bond donors (Lipinski definition) is 0. The topological polar surface area (TPSA) is 35.6 Å². The summed E-state index contributed by atoms with van der Waals surface area (Å²) >= 11 is 0. The Hall–Kier alpha value is -3.40. The molecular formula is C42H58N4. The van der Waals surface area contributed by atoms with E-state index in [2.05, 4.69) is 98.0 Å². The Morgan fingerprint density at radius 3 is 1.26 bits per heavy atom. The van der Waals surface area contributed by atoms with E-state index in [1.165, 1.54) is 132 Å². The molecule has 5 rings (SSSR count). The lowest BCUT2D eigenvalue weighted by Gasteiger charge is -2.18. The van der Waals surface area contributed by atoms with E-state index in [0.717, 1.165) is 38.5 Å². The van der Waals surface area contributed by atoms with Crippen LogP contribution in [0.15, 0.2) is 60.9 Å². The third-order valence-corrected chi connectivity index (χ3v) is 9.68. The summed E-state index contributed by atoms with van der Waals surface area (Å²) < 4.78 is 4.45. The zero-order valence-corrected chi connectivity index (χ0v) is 29.3. The molecule has 2 aromatic heterocycles. The Bertz CT molecular complexity index is 1530. The molecule has 246 valence electrons. The van der Waals surface area contributed by atoms with Gasteiger partial charge < -0.3 is 0 Å². The zero-order valence-electron chi connectivity index (χ0n) is 29.3. The summed E-state index contributed by atoms with van der Waals surface area (Å²) in [4.78, 5) is 0. The summed E-state index contributed by atoms with van der Waals surface area (Å²) in [5.41, 5.74) is 10.5. The van der Waals surface area contributed by atoms with Gasteiger partial charge in [0.2, 0.25) is 0 Å². The van der Waals surface area contributed by atoms with Crippen LogP contribution in [0.5, 0.6) is 0 Å². The van der Waals surface area contributed by atoms with Gasteiger partial charge in [0, 0.05) is 10.8 Å². The van der Waals surface area contributed by atoms with Crippen molar-refractivity contribution in [1.82, 2.24) is 19.6 Å². The molecule has 0 amide bonds. The van der Waals surface area contributed by atoms with Crippen molar-refractivity contribution < 1.29 is 0 Å². The van der Waals surface area contributed by atoms with Crippen LogP contribution in [0.2, 0.25) is 0 Å². The largest absolute Gasteiger partial charge is 0.233 e. The van der Waals surface area contributed by atoms with E-state index >= 15 is 0 Å². The van der Waals surface area contributed by atoms with Gasteiger partial charge in [-0.1, -0.05) is 117 Å². The Labute approximate surface area is 278 Å². The SMILES string of the molecule is CCCCCCCCc1cc(-n2ncc3cc(CCC)ccc32)c(CCCCCCCC)cc1-n1ncc2cc(CCC)ccc21. The van der Waals surface area contributed by atoms with Crippen LogP contribution >= 0.6 is 0 Å². The lowest BCUT2D eigenvalue weighted by Crippen LogP contribution is -2.09. The van der Waals surface area contributed by atoms with E-state index in [0.29, 0.717) is 0 Å². The first-order valence-electron chi connectivity index (χ1n) is 18.8. The monoisotopic (exact) mass is 618 g/mol. The number of nitrogens with zero attached hydrogens (tertiary/aromatic N) is 4. The molecule has 0 fully saturated rings. The Morgan fingerprint density at radius 1 is 0.435 bits per heavy atom. The fraction of sp³-hybridized carbons (Fsp3) is 0.524. The molecule has 3 aromatic carbocycles. The first-order chi connectivity index (χ1) is 22.7. The molecule has 0 saturated heterocycles. The Morgan fingerprint density at radius 2 is 0.848 bits per heavy atom. The standard InChI is InChI=1S/C42H58N4/c1-5-9-11-13-15-17-21-35-29-42(46-40-26-24-34(20-8-4)28-38(40)32-44-46)36(22-18-16-14-12-10-6-2)30-41(35)45-39-25-23-33(19-7-3)27-37(39)31-43-45/h23-32H,5-22H2,1-4H3. The zero-order chi connectivity index (χ0) is 32.1. The van der Waals surface area contributed by atoms with Gasteiger partial charge in [0.25, 0.3) is 0 Å². The minimum absolute atomic E-state index is 1.06. The number of rotatable bonds is 20. The average Bonchev–Trinajstić information content (AvgIpc) is 3.68. The van der Waals surface area contributed by atoms with Crippen LogP contribution in [-0.2, 0) is 25.7 Å². The maximum atomic E-state index is 5.03. The maximum absolute atomic E-state index is 5.03. The quantitative estimate of drug-likeness (QED) is 0.0813. The van der Waals surface area contributed by atoms with Gasteiger partial charge in [-0.15, -0.1) is 0 Å². The van der Waals surface area contributed by atoms with Crippen LogP contribution in [0, 0.1) is 0 Å². The first-order valence-corrected chi connectivity index (χ1v) is 18.8. The molecule has 0 radical (unpaired) electrons. The molecule has 0 aliphatic rings.